The molecule has 5 nitrogen and oxygen atoms in total. The van der Waals surface area contributed by atoms with Crippen LogP contribution in [-0.4, -0.2) is 27.7 Å². The summed E-state index contributed by atoms with van der Waals surface area (Å²) in [6.07, 6.45) is 1.93. The van der Waals surface area contributed by atoms with Gasteiger partial charge in [-0.2, -0.15) is 0 Å². The summed E-state index contributed by atoms with van der Waals surface area (Å²) in [4.78, 5) is 15.5. The first-order valence-corrected chi connectivity index (χ1v) is 5.38. The second-order valence-corrected chi connectivity index (χ2v) is 4.79. The monoisotopic (exact) mass is 238 g/mol. The third kappa shape index (κ3) is 4.13. The predicted octanol–water partition coefficient (Wildman–Crippen LogP) is 0.784. The Morgan fingerprint density at radius 3 is 2.65 bits per heavy atom. The van der Waals surface area contributed by atoms with Gasteiger partial charge in [-0.3, -0.25) is 9.78 Å². The quantitative estimate of drug-likeness (QED) is 0.760. The molecule has 0 bridgehead atoms. The van der Waals surface area contributed by atoms with Crippen molar-refractivity contribution in [1.82, 2.24) is 4.98 Å². The summed E-state index contributed by atoms with van der Waals surface area (Å²) >= 11 is 0. The minimum Gasteiger partial charge on any atom is -0.459 e. The number of esters is 1. The molecule has 0 radical (unpaired) electrons. The molecule has 2 atom stereocenters. The second kappa shape index (κ2) is 5.25. The van der Waals surface area contributed by atoms with Crippen molar-refractivity contribution < 1.29 is 14.6 Å². The average Bonchev–Trinajstić information content (AvgIpc) is 2.26. The fourth-order valence-corrected chi connectivity index (χ4v) is 1.26. The molecule has 3 N–H and O–H groups in total. The third-order valence-electron chi connectivity index (χ3n) is 2.05. The molecule has 1 rings (SSSR count). The maximum absolute atomic E-state index is 11.6. The SMILES string of the molecule is CC(C)(C)OC(=O)[C@@H](N)[C@@H](O)c1cccnc1. The molecule has 0 unspecified atom stereocenters. The molecule has 94 valence electrons. The number of ether oxygens (including phenoxy) is 1. The summed E-state index contributed by atoms with van der Waals surface area (Å²) in [5.41, 5.74) is 5.52. The van der Waals surface area contributed by atoms with Gasteiger partial charge in [-0.25, -0.2) is 0 Å². The van der Waals surface area contributed by atoms with E-state index in [0.717, 1.165) is 0 Å². The summed E-state index contributed by atoms with van der Waals surface area (Å²) in [7, 11) is 0. The van der Waals surface area contributed by atoms with Crippen LogP contribution in [-0.2, 0) is 9.53 Å². The third-order valence-corrected chi connectivity index (χ3v) is 2.05. The van der Waals surface area contributed by atoms with Crippen LogP contribution in [0.1, 0.15) is 32.4 Å². The molecule has 1 aromatic rings. The van der Waals surface area contributed by atoms with Crippen LogP contribution in [0, 0.1) is 0 Å². The zero-order valence-corrected chi connectivity index (χ0v) is 10.3. The Hall–Kier alpha value is -1.46. The second-order valence-electron chi connectivity index (χ2n) is 4.79. The summed E-state index contributed by atoms with van der Waals surface area (Å²) < 4.78 is 5.10. The minimum absolute atomic E-state index is 0.492. The molecular formula is C12H18N2O3. The van der Waals surface area contributed by atoms with E-state index < -0.39 is 23.7 Å². The van der Waals surface area contributed by atoms with Gasteiger partial charge in [0.2, 0.25) is 0 Å². The first-order valence-electron chi connectivity index (χ1n) is 5.38. The number of nitrogens with two attached hydrogens (primary N) is 1. The van der Waals surface area contributed by atoms with Crippen molar-refractivity contribution in [3.8, 4) is 0 Å². The van der Waals surface area contributed by atoms with Crippen molar-refractivity contribution in [2.24, 2.45) is 5.73 Å². The number of pyridine rings is 1. The van der Waals surface area contributed by atoms with E-state index in [1.165, 1.54) is 6.20 Å². The Morgan fingerprint density at radius 1 is 1.53 bits per heavy atom. The molecule has 17 heavy (non-hydrogen) atoms. The Balaban J connectivity index is 2.70. The topological polar surface area (TPSA) is 85.4 Å². The van der Waals surface area contributed by atoms with Gasteiger partial charge in [-0.1, -0.05) is 6.07 Å². The van der Waals surface area contributed by atoms with E-state index >= 15 is 0 Å². The van der Waals surface area contributed by atoms with Crippen LogP contribution in [0.3, 0.4) is 0 Å². The minimum atomic E-state index is -1.11. The van der Waals surface area contributed by atoms with Gasteiger partial charge in [0.05, 0.1) is 0 Å². The zero-order valence-electron chi connectivity index (χ0n) is 10.3. The van der Waals surface area contributed by atoms with Gasteiger partial charge in [0.15, 0.2) is 0 Å². The summed E-state index contributed by atoms with van der Waals surface area (Å²) in [5.74, 6) is -0.631. The van der Waals surface area contributed by atoms with Crippen LogP contribution in [0.2, 0.25) is 0 Å². The highest BCUT2D eigenvalue weighted by Gasteiger charge is 2.28. The predicted molar refractivity (Wildman–Crippen MR) is 63.0 cm³/mol. The fraction of sp³-hybridized carbons (Fsp3) is 0.500. The number of aromatic nitrogens is 1. The van der Waals surface area contributed by atoms with Gasteiger partial charge < -0.3 is 15.6 Å². The lowest BCUT2D eigenvalue weighted by Gasteiger charge is -2.24. The molecule has 5 heteroatoms. The highest BCUT2D eigenvalue weighted by molar-refractivity contribution is 5.76. The number of nitrogens with zero attached hydrogens (tertiary/aromatic N) is 1. The van der Waals surface area contributed by atoms with E-state index in [1.54, 1.807) is 39.1 Å². The van der Waals surface area contributed by atoms with Crippen LogP contribution in [0.4, 0.5) is 0 Å². The van der Waals surface area contributed by atoms with Crippen LogP contribution in [0.5, 0.6) is 0 Å². The number of aliphatic hydroxyl groups excluding tert-OH is 1. The number of aliphatic hydroxyl groups is 1. The van der Waals surface area contributed by atoms with Gasteiger partial charge in [-0.05, 0) is 26.8 Å². The van der Waals surface area contributed by atoms with Crippen LogP contribution in [0.15, 0.2) is 24.5 Å². The maximum atomic E-state index is 11.6. The Morgan fingerprint density at radius 2 is 2.18 bits per heavy atom. The van der Waals surface area contributed by atoms with Crippen molar-refractivity contribution >= 4 is 5.97 Å². The van der Waals surface area contributed by atoms with Gasteiger partial charge in [0, 0.05) is 18.0 Å². The van der Waals surface area contributed by atoms with Crippen molar-refractivity contribution in [2.45, 2.75) is 38.5 Å². The largest absolute Gasteiger partial charge is 0.459 e. The molecule has 0 aromatic carbocycles. The van der Waals surface area contributed by atoms with Gasteiger partial charge >= 0.3 is 5.97 Å². The average molecular weight is 238 g/mol. The lowest BCUT2D eigenvalue weighted by molar-refractivity contribution is -0.159. The van der Waals surface area contributed by atoms with Gasteiger partial charge in [0.25, 0.3) is 0 Å². The number of carbonyl (C=O) groups is 1. The molecule has 0 aliphatic heterocycles. The summed E-state index contributed by atoms with van der Waals surface area (Å²) in [6.45, 7) is 5.23. The molecule has 0 aliphatic rings. The maximum Gasteiger partial charge on any atom is 0.326 e. The van der Waals surface area contributed by atoms with Crippen LogP contribution in [0.25, 0.3) is 0 Å². The van der Waals surface area contributed by atoms with Crippen LogP contribution >= 0.6 is 0 Å². The molecule has 1 aromatic heterocycles. The van der Waals surface area contributed by atoms with Gasteiger partial charge in [-0.15, -0.1) is 0 Å². The molecule has 0 amide bonds. The molecular weight excluding hydrogens is 220 g/mol. The highest BCUT2D eigenvalue weighted by atomic mass is 16.6. The Bertz CT molecular complexity index is 373. The normalized spacial score (nSPS) is 15.1. The van der Waals surface area contributed by atoms with E-state index in [-0.39, 0.29) is 0 Å². The van der Waals surface area contributed by atoms with E-state index in [2.05, 4.69) is 4.98 Å². The van der Waals surface area contributed by atoms with Crippen LogP contribution < -0.4 is 5.73 Å². The molecule has 0 aliphatic carbocycles. The zero-order chi connectivity index (χ0) is 13.1. The first kappa shape index (κ1) is 13.6. The number of carbonyl (C=O) groups excluding carboxylic acids is 1. The number of hydrogen-bond donors (Lipinski definition) is 2. The van der Waals surface area contributed by atoms with E-state index in [0.29, 0.717) is 5.56 Å². The first-order chi connectivity index (χ1) is 7.81. The summed E-state index contributed by atoms with van der Waals surface area (Å²) in [5, 5.41) is 9.89. The van der Waals surface area contributed by atoms with Crippen molar-refractivity contribution in [3.63, 3.8) is 0 Å². The van der Waals surface area contributed by atoms with E-state index in [4.69, 9.17) is 10.5 Å². The van der Waals surface area contributed by atoms with E-state index in [9.17, 15) is 9.90 Å². The lowest BCUT2D eigenvalue weighted by Crippen LogP contribution is -2.41. The fourth-order valence-electron chi connectivity index (χ4n) is 1.26. The van der Waals surface area contributed by atoms with Crippen molar-refractivity contribution in [2.75, 3.05) is 0 Å². The molecule has 0 spiro atoms. The molecule has 1 heterocycles. The smallest absolute Gasteiger partial charge is 0.326 e. The van der Waals surface area contributed by atoms with Crippen molar-refractivity contribution in [1.29, 1.82) is 0 Å². The summed E-state index contributed by atoms with van der Waals surface area (Å²) in [6, 6.07) is 2.21. The standard InChI is InChI=1S/C12H18N2O3/c1-12(2,3)17-11(16)9(13)10(15)8-5-4-6-14-7-8/h4-7,9-10,15H,13H2,1-3H3/t9-,10-/m0/s1. The Kier molecular flexibility index (Phi) is 4.20. The number of rotatable bonds is 3. The molecule has 0 fully saturated rings. The molecule has 0 saturated carbocycles. The van der Waals surface area contributed by atoms with Crippen molar-refractivity contribution in [3.05, 3.63) is 30.1 Å². The molecule has 0 saturated heterocycles. The van der Waals surface area contributed by atoms with Gasteiger partial charge in [0.1, 0.15) is 17.7 Å². The lowest BCUT2D eigenvalue weighted by atomic mass is 10.0. The Labute approximate surface area is 101 Å². The highest BCUT2D eigenvalue weighted by Crippen LogP contribution is 2.17. The number of hydrogen-bond acceptors (Lipinski definition) is 5. The van der Waals surface area contributed by atoms with E-state index in [1.807, 2.05) is 0 Å².